The first kappa shape index (κ1) is 25.2. The quantitative estimate of drug-likeness (QED) is 0.486. The van der Waals surface area contributed by atoms with E-state index in [9.17, 15) is 0 Å². The third kappa shape index (κ3) is 26.7. The molecule has 0 saturated carbocycles. The van der Waals surface area contributed by atoms with Crippen molar-refractivity contribution in [3.8, 4) is 0 Å². The molecule has 0 atom stereocenters. The SMILES string of the molecule is CO.C[C](C)=[Zr]=[Si](C)C.Cl.[C-]1=CC=CC1.[C-]1=CC=CC1. The van der Waals surface area contributed by atoms with Crippen molar-refractivity contribution in [2.24, 2.45) is 0 Å². The summed E-state index contributed by atoms with van der Waals surface area (Å²) in [5.41, 5.74) is 0.199. The van der Waals surface area contributed by atoms with Gasteiger partial charge in [-0.3, -0.25) is 12.2 Å². The molecule has 2 aliphatic rings. The average molecular weight is 390 g/mol. The Morgan fingerprint density at radius 1 is 1.00 bits per heavy atom. The Kier molecular flexibility index (Phi) is 27.0. The Morgan fingerprint density at radius 2 is 1.40 bits per heavy atom. The second-order valence-electron chi connectivity index (χ2n) is 4.13. The van der Waals surface area contributed by atoms with E-state index in [4.69, 9.17) is 5.11 Å². The van der Waals surface area contributed by atoms with Crippen LogP contribution in [-0.2, 0) is 21.4 Å². The van der Waals surface area contributed by atoms with Gasteiger partial charge in [0, 0.05) is 7.11 Å². The molecule has 0 aliphatic heterocycles. The molecule has 0 saturated heterocycles. The van der Waals surface area contributed by atoms with Crippen LogP contribution in [0.25, 0.3) is 0 Å². The van der Waals surface area contributed by atoms with Crippen LogP contribution in [0.15, 0.2) is 36.5 Å². The topological polar surface area (TPSA) is 20.2 Å². The second-order valence-corrected chi connectivity index (χ2v) is 18.1. The van der Waals surface area contributed by atoms with Gasteiger partial charge >= 0.3 is 56.9 Å². The maximum Gasteiger partial charge on any atom is -0.109 e. The van der Waals surface area contributed by atoms with Gasteiger partial charge in [-0.2, -0.15) is 12.2 Å². The molecule has 0 spiro atoms. The van der Waals surface area contributed by atoms with E-state index in [1.165, 1.54) is 0 Å². The van der Waals surface area contributed by atoms with Crippen molar-refractivity contribution in [1.82, 2.24) is 0 Å². The van der Waals surface area contributed by atoms with Gasteiger partial charge in [-0.15, -0.1) is 25.2 Å². The maximum atomic E-state index is 7.00. The number of hydrogen-bond acceptors (Lipinski definition) is 1. The molecule has 0 aromatic carbocycles. The van der Waals surface area contributed by atoms with E-state index in [0.29, 0.717) is 0 Å². The number of allylic oxidation sites excluding steroid dienone is 8. The molecule has 1 nitrogen and oxygen atoms in total. The normalized spacial score (nSPS) is 11.7. The van der Waals surface area contributed by atoms with E-state index in [-0.39, 0.29) is 39.2 Å². The summed E-state index contributed by atoms with van der Waals surface area (Å²) in [6, 6.07) is 0. The number of rotatable bonds is 0. The maximum absolute atomic E-state index is 7.00. The molecule has 0 radical (unpaired) electrons. The summed E-state index contributed by atoms with van der Waals surface area (Å²) in [6.07, 6.45) is 20.0. The van der Waals surface area contributed by atoms with Gasteiger partial charge in [0.05, 0.1) is 0 Å². The van der Waals surface area contributed by atoms with Crippen LogP contribution in [0.2, 0.25) is 13.1 Å². The standard InChI is InChI=1S/2C5H5.C3H6.C2H6Si.CH4O.ClH.Zr/c2*1-2-4-5-3-1;2*1-3-2;1-2;;/h2*1-3H,4H2;2*1-2H3;2H,1H3;1H;/q2*-1;;;;;. The fourth-order valence-electron chi connectivity index (χ4n) is 1.18. The van der Waals surface area contributed by atoms with Crippen LogP contribution in [0.5, 0.6) is 0 Å². The predicted octanol–water partition coefficient (Wildman–Crippen LogP) is 4.17. The van der Waals surface area contributed by atoms with Crippen LogP contribution in [0.1, 0.15) is 26.7 Å². The third-order valence-electron chi connectivity index (χ3n) is 1.67. The average Bonchev–Trinajstić information content (AvgIpc) is 3.09. The van der Waals surface area contributed by atoms with Gasteiger partial charge < -0.3 is 5.11 Å². The van der Waals surface area contributed by atoms with Gasteiger partial charge in [0.15, 0.2) is 0 Å². The fraction of sp³-hybridized carbons (Fsp3) is 0.438. The summed E-state index contributed by atoms with van der Waals surface area (Å²) >= 11 is 0.0574. The first-order valence-corrected chi connectivity index (χ1v) is 13.8. The molecular weight excluding hydrogens is 363 g/mol. The van der Waals surface area contributed by atoms with Crippen molar-refractivity contribution in [1.29, 1.82) is 0 Å². The molecule has 2 rings (SSSR count). The minimum atomic E-state index is 0. The van der Waals surface area contributed by atoms with E-state index in [0.717, 1.165) is 20.0 Å². The molecule has 114 valence electrons. The van der Waals surface area contributed by atoms with Crippen LogP contribution >= 0.6 is 12.4 Å². The molecule has 0 heterocycles. The first-order valence-electron chi connectivity index (χ1n) is 6.38. The van der Waals surface area contributed by atoms with Crippen molar-refractivity contribution in [3.05, 3.63) is 48.6 Å². The fourth-order valence-corrected chi connectivity index (χ4v) is 9.55. The molecule has 0 unspecified atom stereocenters. The van der Waals surface area contributed by atoms with Gasteiger partial charge in [0.1, 0.15) is 0 Å². The number of aliphatic hydroxyl groups is 1. The van der Waals surface area contributed by atoms with Crippen LogP contribution in [0, 0.1) is 12.2 Å². The monoisotopic (exact) mass is 388 g/mol. The summed E-state index contributed by atoms with van der Waals surface area (Å²) in [5.74, 6) is 0. The molecule has 0 fully saturated rings. The minimum absolute atomic E-state index is 0. The molecule has 1 N–H and O–H groups in total. The number of aliphatic hydroxyl groups excluding tert-OH is 1. The van der Waals surface area contributed by atoms with Crippen molar-refractivity contribution < 1.29 is 26.5 Å². The van der Waals surface area contributed by atoms with E-state index in [1.54, 1.807) is 3.21 Å². The Bertz CT molecular complexity index is 327. The molecule has 20 heavy (non-hydrogen) atoms. The Morgan fingerprint density at radius 3 is 1.45 bits per heavy atom. The second kappa shape index (κ2) is 21.5. The largest absolute Gasteiger partial charge is 0.273 e. The van der Waals surface area contributed by atoms with Crippen LogP contribution in [0.4, 0.5) is 0 Å². The van der Waals surface area contributed by atoms with Gasteiger partial charge in [-0.1, -0.05) is 0 Å². The third-order valence-corrected chi connectivity index (χ3v) is 10.0. The van der Waals surface area contributed by atoms with Crippen LogP contribution in [-0.4, -0.2) is 20.9 Å². The van der Waals surface area contributed by atoms with E-state index in [2.05, 4.69) is 51.2 Å². The summed E-state index contributed by atoms with van der Waals surface area (Å²) in [7, 11) is 1.00. The molecule has 4 heteroatoms. The van der Waals surface area contributed by atoms with Crippen LogP contribution in [0.3, 0.4) is 0 Å². The van der Waals surface area contributed by atoms with E-state index >= 15 is 0 Å². The minimum Gasteiger partial charge on any atom is -0.273 e. The Labute approximate surface area is 142 Å². The zero-order valence-corrected chi connectivity index (χ0v) is 17.5. The Hall–Kier alpha value is 0.180. The first-order chi connectivity index (χ1) is 9.13. The summed E-state index contributed by atoms with van der Waals surface area (Å²) in [6.45, 7) is 9.40. The Balaban J connectivity index is -0.000000201. The van der Waals surface area contributed by atoms with Gasteiger partial charge in [-0.05, 0) is 0 Å². The molecule has 0 aromatic rings. The van der Waals surface area contributed by atoms with Crippen molar-refractivity contribution in [3.63, 3.8) is 0 Å². The van der Waals surface area contributed by atoms with Crippen molar-refractivity contribution in [2.45, 2.75) is 39.8 Å². The van der Waals surface area contributed by atoms with Crippen molar-refractivity contribution in [2.75, 3.05) is 7.11 Å². The molecular formula is C16H27ClOSiZr-2. The van der Waals surface area contributed by atoms with E-state index < -0.39 is 0 Å². The van der Waals surface area contributed by atoms with Crippen molar-refractivity contribution >= 4 is 21.0 Å². The van der Waals surface area contributed by atoms with E-state index in [1.807, 2.05) is 24.3 Å². The number of halogens is 1. The van der Waals surface area contributed by atoms with Gasteiger partial charge in [-0.25, -0.2) is 24.3 Å². The molecule has 0 bridgehead atoms. The zero-order valence-electron chi connectivity index (χ0n) is 13.2. The summed E-state index contributed by atoms with van der Waals surface area (Å²) in [5, 5.41) is 7.00. The molecule has 2 aliphatic carbocycles. The number of hydrogen-bond donors (Lipinski definition) is 1. The molecule has 0 amide bonds. The smallest absolute Gasteiger partial charge is 0.109 e. The van der Waals surface area contributed by atoms with Gasteiger partial charge in [0.25, 0.3) is 0 Å². The van der Waals surface area contributed by atoms with Crippen LogP contribution < -0.4 is 0 Å². The summed E-state index contributed by atoms with van der Waals surface area (Å²) < 4.78 is 1.75. The summed E-state index contributed by atoms with van der Waals surface area (Å²) in [4.78, 5) is 0. The zero-order chi connectivity index (χ0) is 14.9. The molecule has 0 aromatic heterocycles. The predicted molar refractivity (Wildman–Crippen MR) is 92.4 cm³/mol. The van der Waals surface area contributed by atoms with Gasteiger partial charge in [0.2, 0.25) is 0 Å².